The van der Waals surface area contributed by atoms with Crippen LogP contribution in [0.3, 0.4) is 0 Å². The first-order chi connectivity index (χ1) is 12.4. The molecule has 136 valence electrons. The highest BCUT2D eigenvalue weighted by molar-refractivity contribution is 9.10. The van der Waals surface area contributed by atoms with Crippen molar-refractivity contribution in [1.82, 2.24) is 5.32 Å². The summed E-state index contributed by atoms with van der Waals surface area (Å²) in [6, 6.07) is 10.2. The fourth-order valence-electron chi connectivity index (χ4n) is 3.21. The standard InChI is InChI=1S/C20H19BrFNO3/c1-11-9-16(24)20-17(8-7-15(22)19(11)20)26-10-18(25)23-12(2)13-3-5-14(21)6-4-13/h3-8,11-12H,9-10H2,1-2H3,(H,23,25). The average molecular weight is 420 g/mol. The van der Waals surface area contributed by atoms with Crippen molar-refractivity contribution in [3.63, 3.8) is 0 Å². The summed E-state index contributed by atoms with van der Waals surface area (Å²) in [5, 5.41) is 2.85. The Balaban J connectivity index is 1.65. The van der Waals surface area contributed by atoms with Gasteiger partial charge in [0.05, 0.1) is 11.6 Å². The van der Waals surface area contributed by atoms with Gasteiger partial charge in [-0.2, -0.15) is 0 Å². The fraction of sp³-hybridized carbons (Fsp3) is 0.300. The molecular weight excluding hydrogens is 401 g/mol. The predicted molar refractivity (Wildman–Crippen MR) is 100.0 cm³/mol. The van der Waals surface area contributed by atoms with Gasteiger partial charge in [-0.1, -0.05) is 35.0 Å². The van der Waals surface area contributed by atoms with Crippen LogP contribution in [0.4, 0.5) is 4.39 Å². The van der Waals surface area contributed by atoms with Gasteiger partial charge in [0.15, 0.2) is 12.4 Å². The molecule has 0 spiro atoms. The zero-order chi connectivity index (χ0) is 18.8. The Morgan fingerprint density at radius 1 is 1.31 bits per heavy atom. The number of ketones is 1. The van der Waals surface area contributed by atoms with Gasteiger partial charge in [0, 0.05) is 16.5 Å². The molecule has 0 saturated carbocycles. The summed E-state index contributed by atoms with van der Waals surface area (Å²) >= 11 is 3.37. The number of ether oxygens (including phenoxy) is 1. The summed E-state index contributed by atoms with van der Waals surface area (Å²) in [4.78, 5) is 24.3. The highest BCUT2D eigenvalue weighted by Crippen LogP contribution is 2.39. The molecule has 0 aromatic heterocycles. The van der Waals surface area contributed by atoms with Crippen molar-refractivity contribution in [2.75, 3.05) is 6.61 Å². The second-order valence-corrected chi connectivity index (χ2v) is 7.41. The second-order valence-electron chi connectivity index (χ2n) is 6.49. The minimum atomic E-state index is -0.404. The summed E-state index contributed by atoms with van der Waals surface area (Å²) in [5.41, 5.74) is 1.62. The number of benzene rings is 2. The largest absolute Gasteiger partial charge is 0.483 e. The highest BCUT2D eigenvalue weighted by atomic mass is 79.9. The molecule has 0 bridgehead atoms. The number of hydrogen-bond donors (Lipinski definition) is 1. The van der Waals surface area contributed by atoms with E-state index in [2.05, 4.69) is 21.2 Å². The van der Waals surface area contributed by atoms with Crippen molar-refractivity contribution < 1.29 is 18.7 Å². The van der Waals surface area contributed by atoms with Gasteiger partial charge >= 0.3 is 0 Å². The van der Waals surface area contributed by atoms with Crippen LogP contribution in [0.25, 0.3) is 0 Å². The zero-order valence-corrected chi connectivity index (χ0v) is 16.1. The topological polar surface area (TPSA) is 55.4 Å². The van der Waals surface area contributed by atoms with Gasteiger partial charge < -0.3 is 10.1 Å². The Morgan fingerprint density at radius 2 is 2.00 bits per heavy atom. The van der Waals surface area contributed by atoms with Gasteiger partial charge in [-0.05, 0) is 42.7 Å². The Kier molecular flexibility index (Phi) is 5.41. The van der Waals surface area contributed by atoms with E-state index in [0.29, 0.717) is 5.56 Å². The molecule has 0 fully saturated rings. The monoisotopic (exact) mass is 419 g/mol. The summed E-state index contributed by atoms with van der Waals surface area (Å²) in [5.74, 6) is -0.767. The summed E-state index contributed by atoms with van der Waals surface area (Å²) in [7, 11) is 0. The van der Waals surface area contributed by atoms with Gasteiger partial charge in [-0.25, -0.2) is 4.39 Å². The number of fused-ring (bicyclic) bond motifs is 1. The van der Waals surface area contributed by atoms with Gasteiger partial charge in [-0.3, -0.25) is 9.59 Å². The Labute approximate surface area is 159 Å². The third-order valence-corrected chi connectivity index (χ3v) is 5.05. The maximum Gasteiger partial charge on any atom is 0.258 e. The third-order valence-electron chi connectivity index (χ3n) is 4.52. The van der Waals surface area contributed by atoms with E-state index in [1.54, 1.807) is 0 Å². The average Bonchev–Trinajstić information content (AvgIpc) is 2.90. The van der Waals surface area contributed by atoms with Crippen LogP contribution in [0.5, 0.6) is 5.75 Å². The van der Waals surface area contributed by atoms with Crippen molar-refractivity contribution in [3.05, 3.63) is 63.4 Å². The lowest BCUT2D eigenvalue weighted by molar-refractivity contribution is -0.123. The molecule has 2 aromatic carbocycles. The molecule has 1 aliphatic rings. The van der Waals surface area contributed by atoms with Gasteiger partial charge in [-0.15, -0.1) is 0 Å². The minimum absolute atomic E-state index is 0.148. The number of Topliss-reactive ketones (excluding diaryl/α,β-unsaturated/α-hetero) is 1. The maximum absolute atomic E-state index is 14.0. The molecule has 1 amide bonds. The van der Waals surface area contributed by atoms with Crippen LogP contribution in [0.2, 0.25) is 0 Å². The van der Waals surface area contributed by atoms with Gasteiger partial charge in [0.2, 0.25) is 0 Å². The molecule has 0 saturated heterocycles. The van der Waals surface area contributed by atoms with Crippen LogP contribution in [0.15, 0.2) is 40.9 Å². The van der Waals surface area contributed by atoms with E-state index in [4.69, 9.17) is 4.74 Å². The molecule has 0 heterocycles. The lowest BCUT2D eigenvalue weighted by Crippen LogP contribution is -2.31. The number of amides is 1. The number of carbonyl (C=O) groups is 2. The van der Waals surface area contributed by atoms with Crippen molar-refractivity contribution in [2.45, 2.75) is 32.2 Å². The summed E-state index contributed by atoms with van der Waals surface area (Å²) < 4.78 is 20.5. The summed E-state index contributed by atoms with van der Waals surface area (Å²) in [6.45, 7) is 3.45. The molecule has 26 heavy (non-hydrogen) atoms. The minimum Gasteiger partial charge on any atom is -0.483 e. The Bertz CT molecular complexity index is 851. The maximum atomic E-state index is 14.0. The quantitative estimate of drug-likeness (QED) is 0.773. The first kappa shape index (κ1) is 18.6. The first-order valence-electron chi connectivity index (χ1n) is 8.40. The number of nitrogens with one attached hydrogen (secondary N) is 1. The van der Waals surface area contributed by atoms with Crippen molar-refractivity contribution >= 4 is 27.6 Å². The Hall–Kier alpha value is -2.21. The normalized spacial score (nSPS) is 16.9. The van der Waals surface area contributed by atoms with Crippen LogP contribution in [-0.4, -0.2) is 18.3 Å². The molecule has 2 atom stereocenters. The molecule has 1 aliphatic carbocycles. The van der Waals surface area contributed by atoms with Crippen LogP contribution in [0, 0.1) is 5.82 Å². The van der Waals surface area contributed by atoms with Crippen LogP contribution in [-0.2, 0) is 4.79 Å². The molecule has 1 N–H and O–H groups in total. The van der Waals surface area contributed by atoms with E-state index < -0.39 is 5.82 Å². The van der Waals surface area contributed by atoms with Crippen molar-refractivity contribution in [3.8, 4) is 5.75 Å². The first-order valence-corrected chi connectivity index (χ1v) is 9.19. The number of hydrogen-bond acceptors (Lipinski definition) is 3. The van der Waals surface area contributed by atoms with E-state index in [0.717, 1.165) is 10.0 Å². The molecular formula is C20H19BrFNO3. The lowest BCUT2D eigenvalue weighted by Gasteiger charge is -2.16. The van der Waals surface area contributed by atoms with E-state index in [1.165, 1.54) is 12.1 Å². The predicted octanol–water partition coefficient (Wildman–Crippen LogP) is 4.53. The smallest absolute Gasteiger partial charge is 0.258 e. The summed E-state index contributed by atoms with van der Waals surface area (Å²) in [6.07, 6.45) is 0.263. The molecule has 2 unspecified atom stereocenters. The fourth-order valence-corrected chi connectivity index (χ4v) is 3.47. The van der Waals surface area contributed by atoms with Gasteiger partial charge in [0.1, 0.15) is 11.6 Å². The van der Waals surface area contributed by atoms with E-state index >= 15 is 0 Å². The van der Waals surface area contributed by atoms with Crippen LogP contribution in [0.1, 0.15) is 53.7 Å². The number of rotatable bonds is 5. The SMILES string of the molecule is CC1CC(=O)c2c(OCC(=O)NC(C)c3ccc(Br)cc3)ccc(F)c21. The molecule has 4 nitrogen and oxygen atoms in total. The number of halogens is 2. The van der Waals surface area contributed by atoms with E-state index in [-0.39, 0.29) is 48.0 Å². The molecule has 3 rings (SSSR count). The molecule has 2 aromatic rings. The molecule has 0 radical (unpaired) electrons. The van der Waals surface area contributed by atoms with Gasteiger partial charge in [0.25, 0.3) is 5.91 Å². The Morgan fingerprint density at radius 3 is 2.69 bits per heavy atom. The zero-order valence-electron chi connectivity index (χ0n) is 14.5. The second kappa shape index (κ2) is 7.58. The third kappa shape index (κ3) is 3.80. The van der Waals surface area contributed by atoms with E-state index in [9.17, 15) is 14.0 Å². The molecule has 6 heteroatoms. The van der Waals surface area contributed by atoms with Crippen molar-refractivity contribution in [1.29, 1.82) is 0 Å². The van der Waals surface area contributed by atoms with Crippen LogP contribution < -0.4 is 10.1 Å². The van der Waals surface area contributed by atoms with Crippen molar-refractivity contribution in [2.24, 2.45) is 0 Å². The lowest BCUT2D eigenvalue weighted by atomic mass is 10.0. The van der Waals surface area contributed by atoms with Crippen LogP contribution >= 0.6 is 15.9 Å². The van der Waals surface area contributed by atoms with E-state index in [1.807, 2.05) is 38.1 Å². The highest BCUT2D eigenvalue weighted by Gasteiger charge is 2.32. The number of carbonyl (C=O) groups excluding carboxylic acids is 2. The molecule has 0 aliphatic heterocycles.